The van der Waals surface area contributed by atoms with Crippen LogP contribution in [0, 0.1) is 5.92 Å². The zero-order valence-corrected chi connectivity index (χ0v) is 20.7. The zero-order valence-electron chi connectivity index (χ0n) is 20.7. The van der Waals surface area contributed by atoms with E-state index >= 15 is 0 Å². The third-order valence-electron chi connectivity index (χ3n) is 5.50. The summed E-state index contributed by atoms with van der Waals surface area (Å²) in [5, 5.41) is 2.77. The lowest BCUT2D eigenvalue weighted by Gasteiger charge is -2.31. The molecule has 1 saturated heterocycles. The Morgan fingerprint density at radius 1 is 1.00 bits per heavy atom. The molecule has 0 radical (unpaired) electrons. The van der Waals surface area contributed by atoms with Gasteiger partial charge < -0.3 is 24.4 Å². The second kappa shape index (κ2) is 11.3. The van der Waals surface area contributed by atoms with Gasteiger partial charge in [-0.2, -0.15) is 0 Å². The SMILES string of the molecule is CC(C)[C@H](NC(=O)OC(C)(C)C)C(=O)N1C[C@@H](Oc2ccccc2)C[C@H]1COc1ccccc1. The van der Waals surface area contributed by atoms with Crippen LogP contribution in [0.4, 0.5) is 4.79 Å². The molecule has 184 valence electrons. The van der Waals surface area contributed by atoms with E-state index in [0.717, 1.165) is 11.5 Å². The minimum atomic E-state index is -0.718. The first-order valence-corrected chi connectivity index (χ1v) is 11.8. The fourth-order valence-electron chi connectivity index (χ4n) is 3.91. The zero-order chi connectivity index (χ0) is 24.7. The second-order valence-electron chi connectivity index (χ2n) is 9.93. The van der Waals surface area contributed by atoms with E-state index in [2.05, 4.69) is 5.32 Å². The topological polar surface area (TPSA) is 77.1 Å². The van der Waals surface area contributed by atoms with Crippen LogP contribution in [0.5, 0.6) is 11.5 Å². The summed E-state index contributed by atoms with van der Waals surface area (Å²) in [5.74, 6) is 1.22. The molecule has 1 aliphatic rings. The van der Waals surface area contributed by atoms with E-state index in [1.807, 2.05) is 74.5 Å². The molecule has 1 fully saturated rings. The van der Waals surface area contributed by atoms with Gasteiger partial charge in [-0.25, -0.2) is 4.79 Å². The average Bonchev–Trinajstić information content (AvgIpc) is 3.18. The van der Waals surface area contributed by atoms with Crippen molar-refractivity contribution in [2.75, 3.05) is 13.2 Å². The van der Waals surface area contributed by atoms with Crippen molar-refractivity contribution in [2.24, 2.45) is 5.92 Å². The Bertz CT molecular complexity index is 927. The van der Waals surface area contributed by atoms with Crippen LogP contribution in [0.1, 0.15) is 41.0 Å². The highest BCUT2D eigenvalue weighted by atomic mass is 16.6. The van der Waals surface area contributed by atoms with Crippen LogP contribution in [-0.2, 0) is 9.53 Å². The molecular weight excluding hydrogens is 432 g/mol. The number of amides is 2. The molecule has 3 rings (SSSR count). The van der Waals surface area contributed by atoms with E-state index < -0.39 is 17.7 Å². The van der Waals surface area contributed by atoms with Gasteiger partial charge in [-0.3, -0.25) is 4.79 Å². The molecule has 1 aliphatic heterocycles. The van der Waals surface area contributed by atoms with Gasteiger partial charge in [0.25, 0.3) is 0 Å². The number of carbonyl (C=O) groups excluding carboxylic acids is 2. The van der Waals surface area contributed by atoms with Gasteiger partial charge in [0.15, 0.2) is 0 Å². The number of hydrogen-bond acceptors (Lipinski definition) is 5. The quantitative estimate of drug-likeness (QED) is 0.610. The maximum atomic E-state index is 13.7. The van der Waals surface area contributed by atoms with Crippen LogP contribution in [-0.4, -0.2) is 53.8 Å². The van der Waals surface area contributed by atoms with Gasteiger partial charge in [0.2, 0.25) is 5.91 Å². The summed E-state index contributed by atoms with van der Waals surface area (Å²) in [6, 6.07) is 18.2. The molecule has 0 spiro atoms. The largest absolute Gasteiger partial charge is 0.491 e. The summed E-state index contributed by atoms with van der Waals surface area (Å²) in [6.07, 6.45) is -0.150. The maximum absolute atomic E-state index is 13.7. The lowest BCUT2D eigenvalue weighted by molar-refractivity contribution is -0.136. The van der Waals surface area contributed by atoms with E-state index in [1.165, 1.54) is 0 Å². The first kappa shape index (κ1) is 25.4. The molecule has 0 aliphatic carbocycles. The van der Waals surface area contributed by atoms with Crippen molar-refractivity contribution < 1.29 is 23.8 Å². The molecule has 0 saturated carbocycles. The van der Waals surface area contributed by atoms with Crippen LogP contribution < -0.4 is 14.8 Å². The lowest BCUT2D eigenvalue weighted by Crippen LogP contribution is -2.54. The second-order valence-corrected chi connectivity index (χ2v) is 9.93. The number of hydrogen-bond donors (Lipinski definition) is 1. The first-order chi connectivity index (χ1) is 16.1. The van der Waals surface area contributed by atoms with E-state index in [9.17, 15) is 9.59 Å². The summed E-state index contributed by atoms with van der Waals surface area (Å²) >= 11 is 0. The Kier molecular flexibility index (Phi) is 8.42. The summed E-state index contributed by atoms with van der Waals surface area (Å²) in [4.78, 5) is 27.9. The molecule has 2 amide bonds. The lowest BCUT2D eigenvalue weighted by atomic mass is 10.0. The van der Waals surface area contributed by atoms with Crippen LogP contribution in [0.2, 0.25) is 0 Å². The van der Waals surface area contributed by atoms with E-state index in [1.54, 1.807) is 25.7 Å². The number of para-hydroxylation sites is 2. The first-order valence-electron chi connectivity index (χ1n) is 11.8. The minimum absolute atomic E-state index is 0.121. The molecule has 3 atom stereocenters. The van der Waals surface area contributed by atoms with Crippen LogP contribution in [0.25, 0.3) is 0 Å². The molecule has 0 bridgehead atoms. The third-order valence-corrected chi connectivity index (χ3v) is 5.50. The van der Waals surface area contributed by atoms with E-state index in [4.69, 9.17) is 14.2 Å². The number of rotatable bonds is 8. The average molecular weight is 469 g/mol. The Morgan fingerprint density at radius 2 is 1.59 bits per heavy atom. The molecular formula is C27H36N2O5. The van der Waals surface area contributed by atoms with E-state index in [-0.39, 0.29) is 24.0 Å². The maximum Gasteiger partial charge on any atom is 0.408 e. The van der Waals surface area contributed by atoms with Gasteiger partial charge in [-0.1, -0.05) is 50.2 Å². The van der Waals surface area contributed by atoms with Crippen molar-refractivity contribution in [1.82, 2.24) is 10.2 Å². The predicted octanol–water partition coefficient (Wildman–Crippen LogP) is 4.66. The Balaban J connectivity index is 1.74. The van der Waals surface area contributed by atoms with Gasteiger partial charge in [0, 0.05) is 6.42 Å². The summed E-state index contributed by atoms with van der Waals surface area (Å²) in [6.45, 7) is 9.94. The van der Waals surface area contributed by atoms with Crippen LogP contribution in [0.15, 0.2) is 60.7 Å². The molecule has 7 nitrogen and oxygen atoms in total. The normalized spacial score (nSPS) is 18.9. The number of nitrogens with one attached hydrogen (secondary N) is 1. The van der Waals surface area contributed by atoms with Crippen molar-refractivity contribution in [3.63, 3.8) is 0 Å². The third kappa shape index (κ3) is 7.40. The van der Waals surface area contributed by atoms with Gasteiger partial charge >= 0.3 is 6.09 Å². The molecule has 2 aromatic rings. The van der Waals surface area contributed by atoms with Crippen molar-refractivity contribution in [3.8, 4) is 11.5 Å². The standard InChI is InChI=1S/C27H36N2O5/c1-19(2)24(28-26(31)34-27(3,4)5)25(30)29-17-23(33-22-14-10-7-11-15-22)16-20(29)18-32-21-12-8-6-9-13-21/h6-15,19-20,23-24H,16-18H2,1-5H3,(H,28,31)/t20-,23-,24-/m0/s1. The number of benzene rings is 2. The van der Waals surface area contributed by atoms with Crippen molar-refractivity contribution in [2.45, 2.75) is 64.8 Å². The molecule has 7 heteroatoms. The number of carbonyl (C=O) groups is 2. The number of likely N-dealkylation sites (tertiary alicyclic amines) is 1. The monoisotopic (exact) mass is 468 g/mol. The van der Waals surface area contributed by atoms with Gasteiger partial charge in [0.05, 0.1) is 12.6 Å². The fraction of sp³-hybridized carbons (Fsp3) is 0.481. The van der Waals surface area contributed by atoms with Crippen molar-refractivity contribution >= 4 is 12.0 Å². The number of ether oxygens (including phenoxy) is 3. The molecule has 2 aromatic carbocycles. The van der Waals surface area contributed by atoms with Crippen LogP contribution >= 0.6 is 0 Å². The summed E-state index contributed by atoms with van der Waals surface area (Å²) in [7, 11) is 0. The van der Waals surface area contributed by atoms with Gasteiger partial charge in [0.1, 0.15) is 35.9 Å². The van der Waals surface area contributed by atoms with Gasteiger partial charge in [-0.15, -0.1) is 0 Å². The highest BCUT2D eigenvalue weighted by Gasteiger charge is 2.41. The molecule has 1 N–H and O–H groups in total. The van der Waals surface area contributed by atoms with E-state index in [0.29, 0.717) is 19.6 Å². The minimum Gasteiger partial charge on any atom is -0.491 e. The fourth-order valence-corrected chi connectivity index (χ4v) is 3.91. The van der Waals surface area contributed by atoms with Crippen LogP contribution in [0.3, 0.4) is 0 Å². The number of nitrogens with zero attached hydrogens (tertiary/aromatic N) is 1. The van der Waals surface area contributed by atoms with Crippen molar-refractivity contribution in [1.29, 1.82) is 0 Å². The highest BCUT2D eigenvalue weighted by molar-refractivity contribution is 5.86. The molecule has 0 aromatic heterocycles. The van der Waals surface area contributed by atoms with Crippen molar-refractivity contribution in [3.05, 3.63) is 60.7 Å². The molecule has 0 unspecified atom stereocenters. The Labute approximate surface area is 202 Å². The smallest absolute Gasteiger partial charge is 0.408 e. The molecule has 34 heavy (non-hydrogen) atoms. The number of alkyl carbamates (subject to hydrolysis) is 1. The summed E-state index contributed by atoms with van der Waals surface area (Å²) in [5.41, 5.74) is -0.650. The summed E-state index contributed by atoms with van der Waals surface area (Å²) < 4.78 is 17.6. The Hall–Kier alpha value is -3.22. The van der Waals surface area contributed by atoms with Gasteiger partial charge in [-0.05, 0) is 51.0 Å². The predicted molar refractivity (Wildman–Crippen MR) is 131 cm³/mol. The Morgan fingerprint density at radius 3 is 2.15 bits per heavy atom. The highest BCUT2D eigenvalue weighted by Crippen LogP contribution is 2.26. The molecule has 1 heterocycles.